The third-order valence-electron chi connectivity index (χ3n) is 5.23. The number of nitrogens with zero attached hydrogens (tertiary/aromatic N) is 5. The molecule has 7 nitrogen and oxygen atoms in total. The van der Waals surface area contributed by atoms with E-state index in [0.29, 0.717) is 11.6 Å². The minimum absolute atomic E-state index is 0.128. The summed E-state index contributed by atoms with van der Waals surface area (Å²) < 4.78 is 12.7. The molecule has 0 spiro atoms. The van der Waals surface area contributed by atoms with E-state index < -0.39 is 0 Å². The summed E-state index contributed by atoms with van der Waals surface area (Å²) in [6.45, 7) is 5.49. The van der Waals surface area contributed by atoms with Gasteiger partial charge in [0, 0.05) is 25.4 Å². The van der Waals surface area contributed by atoms with Gasteiger partial charge in [-0.2, -0.15) is 0 Å². The molecule has 0 bridgehead atoms. The van der Waals surface area contributed by atoms with Crippen LogP contribution in [0.5, 0.6) is 5.75 Å². The highest BCUT2D eigenvalue weighted by atomic mass is 35.5. The van der Waals surface area contributed by atoms with E-state index in [-0.39, 0.29) is 6.04 Å². The summed E-state index contributed by atoms with van der Waals surface area (Å²) in [7, 11) is 3.36. The van der Waals surface area contributed by atoms with Crippen molar-refractivity contribution in [3.05, 3.63) is 34.5 Å². The van der Waals surface area contributed by atoms with Crippen molar-refractivity contribution in [3.8, 4) is 5.75 Å². The fourth-order valence-corrected chi connectivity index (χ4v) is 4.18. The van der Waals surface area contributed by atoms with Crippen molar-refractivity contribution in [3.63, 3.8) is 0 Å². The summed E-state index contributed by atoms with van der Waals surface area (Å²) in [5.74, 6) is 1.56. The Morgan fingerprint density at radius 1 is 1.25 bits per heavy atom. The van der Waals surface area contributed by atoms with Crippen LogP contribution in [0.15, 0.2) is 18.2 Å². The van der Waals surface area contributed by atoms with Crippen LogP contribution in [0.25, 0.3) is 11.0 Å². The first-order valence-electron chi connectivity index (χ1n) is 9.42. The molecule has 3 aromatic rings. The molecular formula is C20H24ClN5O2. The predicted octanol–water partition coefficient (Wildman–Crippen LogP) is 4.09. The van der Waals surface area contributed by atoms with E-state index in [2.05, 4.69) is 22.1 Å². The Hall–Kier alpha value is -2.38. The number of pyridine rings is 1. The number of benzene rings is 1. The normalized spacial score (nSPS) is 14.5. The molecule has 0 aliphatic carbocycles. The fraction of sp³-hybridized carbons (Fsp3) is 0.450. The van der Waals surface area contributed by atoms with Crippen LogP contribution < -0.4 is 9.64 Å². The summed E-state index contributed by atoms with van der Waals surface area (Å²) in [6, 6.07) is 6.04. The van der Waals surface area contributed by atoms with Gasteiger partial charge in [-0.05, 0) is 37.5 Å². The van der Waals surface area contributed by atoms with E-state index in [1.54, 1.807) is 14.2 Å². The Balaban J connectivity index is 1.85. The maximum atomic E-state index is 6.60. The van der Waals surface area contributed by atoms with Gasteiger partial charge in [-0.25, -0.2) is 9.67 Å². The first kappa shape index (κ1) is 19.0. The van der Waals surface area contributed by atoms with E-state index in [1.807, 2.05) is 29.8 Å². The Bertz CT molecular complexity index is 1020. The summed E-state index contributed by atoms with van der Waals surface area (Å²) in [5, 5.41) is 9.56. The molecule has 0 N–H and O–H groups in total. The number of aromatic nitrogens is 4. The third-order valence-corrected chi connectivity index (χ3v) is 5.52. The van der Waals surface area contributed by atoms with E-state index in [9.17, 15) is 0 Å². The van der Waals surface area contributed by atoms with Gasteiger partial charge in [-0.15, -0.1) is 5.10 Å². The molecule has 8 heteroatoms. The molecule has 0 radical (unpaired) electrons. The number of hydrogen-bond donors (Lipinski definition) is 0. The summed E-state index contributed by atoms with van der Waals surface area (Å²) in [6.07, 6.45) is 1.78. The molecule has 1 aliphatic rings. The average molecular weight is 402 g/mol. The summed E-state index contributed by atoms with van der Waals surface area (Å²) in [5.41, 5.74) is 4.78. The molecular weight excluding hydrogens is 378 g/mol. The zero-order chi connectivity index (χ0) is 19.8. The highest BCUT2D eigenvalue weighted by molar-refractivity contribution is 6.34. The SMILES string of the molecule is CCC(COC)n1nnc2c(N3CCc4cc(OC)cc(Cl)c43)nc(C)cc21. The lowest BCUT2D eigenvalue weighted by Crippen LogP contribution is -2.17. The monoisotopic (exact) mass is 401 g/mol. The van der Waals surface area contributed by atoms with Crippen molar-refractivity contribution in [2.45, 2.75) is 32.7 Å². The number of rotatable bonds is 6. The van der Waals surface area contributed by atoms with Crippen molar-refractivity contribution >= 4 is 34.1 Å². The molecule has 28 heavy (non-hydrogen) atoms. The van der Waals surface area contributed by atoms with Crippen LogP contribution in [0, 0.1) is 6.92 Å². The first-order valence-corrected chi connectivity index (χ1v) is 9.80. The van der Waals surface area contributed by atoms with Gasteiger partial charge in [0.05, 0.1) is 36.0 Å². The molecule has 1 unspecified atom stereocenters. The molecule has 1 aromatic carbocycles. The number of ether oxygens (including phenoxy) is 2. The van der Waals surface area contributed by atoms with E-state index in [1.165, 1.54) is 0 Å². The van der Waals surface area contributed by atoms with Crippen molar-refractivity contribution in [2.75, 3.05) is 32.3 Å². The third kappa shape index (κ3) is 3.08. The molecule has 0 saturated carbocycles. The molecule has 3 heterocycles. The van der Waals surface area contributed by atoms with Crippen molar-refractivity contribution in [1.82, 2.24) is 20.0 Å². The first-order chi connectivity index (χ1) is 13.6. The summed E-state index contributed by atoms with van der Waals surface area (Å²) >= 11 is 6.60. The number of methoxy groups -OCH3 is 2. The van der Waals surface area contributed by atoms with E-state index in [4.69, 9.17) is 26.1 Å². The summed E-state index contributed by atoms with van der Waals surface area (Å²) in [4.78, 5) is 6.94. The van der Waals surface area contributed by atoms with E-state index >= 15 is 0 Å². The second-order valence-corrected chi connectivity index (χ2v) is 7.43. The smallest absolute Gasteiger partial charge is 0.163 e. The maximum absolute atomic E-state index is 6.60. The molecule has 1 aliphatic heterocycles. The van der Waals surface area contributed by atoms with Crippen LogP contribution >= 0.6 is 11.6 Å². The van der Waals surface area contributed by atoms with Crippen LogP contribution in [-0.4, -0.2) is 47.3 Å². The lowest BCUT2D eigenvalue weighted by molar-refractivity contribution is 0.148. The predicted molar refractivity (Wildman–Crippen MR) is 110 cm³/mol. The maximum Gasteiger partial charge on any atom is 0.163 e. The highest BCUT2D eigenvalue weighted by Gasteiger charge is 2.28. The Morgan fingerprint density at radius 3 is 2.79 bits per heavy atom. The minimum atomic E-state index is 0.128. The van der Waals surface area contributed by atoms with Crippen LogP contribution in [0.3, 0.4) is 0 Å². The number of aryl methyl sites for hydroxylation is 1. The molecule has 0 fully saturated rings. The largest absolute Gasteiger partial charge is 0.497 e. The van der Waals surface area contributed by atoms with Gasteiger partial charge in [0.15, 0.2) is 11.3 Å². The minimum Gasteiger partial charge on any atom is -0.497 e. The second kappa shape index (κ2) is 7.56. The van der Waals surface area contributed by atoms with Gasteiger partial charge in [-0.1, -0.05) is 23.7 Å². The molecule has 2 aromatic heterocycles. The Labute approximate surface area is 169 Å². The molecule has 1 atom stereocenters. The molecule has 0 saturated heterocycles. The van der Waals surface area contributed by atoms with Gasteiger partial charge in [0.25, 0.3) is 0 Å². The zero-order valence-electron chi connectivity index (χ0n) is 16.6. The molecule has 4 rings (SSSR count). The number of halogens is 1. The van der Waals surface area contributed by atoms with Gasteiger partial charge >= 0.3 is 0 Å². The molecule has 0 amide bonds. The van der Waals surface area contributed by atoms with Crippen LogP contribution in [0.1, 0.15) is 30.6 Å². The Kier molecular flexibility index (Phi) is 5.12. The average Bonchev–Trinajstić information content (AvgIpc) is 3.30. The number of hydrogen-bond acceptors (Lipinski definition) is 6. The van der Waals surface area contributed by atoms with Gasteiger partial charge in [0.1, 0.15) is 5.75 Å². The second-order valence-electron chi connectivity index (χ2n) is 7.02. The lowest BCUT2D eigenvalue weighted by atomic mass is 10.1. The van der Waals surface area contributed by atoms with Gasteiger partial charge in [-0.3, -0.25) is 0 Å². The van der Waals surface area contributed by atoms with Gasteiger partial charge < -0.3 is 14.4 Å². The lowest BCUT2D eigenvalue weighted by Gasteiger charge is -2.21. The Morgan fingerprint density at radius 2 is 2.07 bits per heavy atom. The van der Waals surface area contributed by atoms with Gasteiger partial charge in [0.2, 0.25) is 0 Å². The quantitative estimate of drug-likeness (QED) is 0.619. The number of fused-ring (bicyclic) bond motifs is 2. The number of anilines is 2. The standard InChI is InChI=1S/C20H24ClN5O2/c1-5-14(11-27-3)26-17-8-12(2)22-20(18(17)23-24-26)25-7-6-13-9-15(28-4)10-16(21)19(13)25/h8-10,14H,5-7,11H2,1-4H3. The molecule has 148 valence electrons. The van der Waals surface area contributed by atoms with Crippen LogP contribution in [0.4, 0.5) is 11.5 Å². The fourth-order valence-electron chi connectivity index (χ4n) is 3.85. The van der Waals surface area contributed by atoms with Crippen molar-refractivity contribution in [1.29, 1.82) is 0 Å². The highest BCUT2D eigenvalue weighted by Crippen LogP contribution is 2.43. The van der Waals surface area contributed by atoms with Crippen molar-refractivity contribution in [2.24, 2.45) is 0 Å². The topological polar surface area (TPSA) is 65.3 Å². The van der Waals surface area contributed by atoms with Crippen LogP contribution in [0.2, 0.25) is 5.02 Å². The van der Waals surface area contributed by atoms with E-state index in [0.717, 1.165) is 58.9 Å². The van der Waals surface area contributed by atoms with Crippen LogP contribution in [-0.2, 0) is 11.2 Å². The van der Waals surface area contributed by atoms with Crippen molar-refractivity contribution < 1.29 is 9.47 Å². The zero-order valence-corrected chi connectivity index (χ0v) is 17.3.